The Morgan fingerprint density at radius 2 is 2.27 bits per heavy atom. The zero-order valence-corrected chi connectivity index (χ0v) is 8.89. The SMILES string of the molecule is CCCCc1[c]c(I)ccc1. The molecule has 11 heavy (non-hydrogen) atoms. The second-order valence-corrected chi connectivity index (χ2v) is 3.79. The van der Waals surface area contributed by atoms with Crippen molar-refractivity contribution in [1.82, 2.24) is 0 Å². The molecule has 0 heterocycles. The maximum atomic E-state index is 3.33. The Hall–Kier alpha value is -0.0500. The maximum Gasteiger partial charge on any atom is 0.0212 e. The molecule has 0 aliphatic rings. The molecule has 0 aliphatic carbocycles. The van der Waals surface area contributed by atoms with Gasteiger partial charge < -0.3 is 0 Å². The predicted molar refractivity (Wildman–Crippen MR) is 56.6 cm³/mol. The van der Waals surface area contributed by atoms with Crippen LogP contribution in [-0.2, 0) is 6.42 Å². The molecule has 0 nitrogen and oxygen atoms in total. The zero-order chi connectivity index (χ0) is 8.10. The molecule has 0 aromatic heterocycles. The number of aryl methyl sites for hydroxylation is 1. The lowest BCUT2D eigenvalue weighted by Crippen LogP contribution is -1.84. The Labute approximate surface area is 82.2 Å². The van der Waals surface area contributed by atoms with Gasteiger partial charge in [-0.15, -0.1) is 0 Å². The van der Waals surface area contributed by atoms with Crippen LogP contribution in [0.3, 0.4) is 0 Å². The molecule has 0 amide bonds. The summed E-state index contributed by atoms with van der Waals surface area (Å²) in [6.45, 7) is 2.22. The molecule has 1 radical (unpaired) electrons. The van der Waals surface area contributed by atoms with Crippen molar-refractivity contribution in [3.8, 4) is 0 Å². The molecule has 0 saturated carbocycles. The molecule has 1 heteroatoms. The lowest BCUT2D eigenvalue weighted by atomic mass is 10.1. The number of hydrogen-bond donors (Lipinski definition) is 0. The van der Waals surface area contributed by atoms with Gasteiger partial charge in [0.25, 0.3) is 0 Å². The summed E-state index contributed by atoms with van der Waals surface area (Å²) >= 11 is 2.30. The Balaban J connectivity index is 2.56. The van der Waals surface area contributed by atoms with Gasteiger partial charge in [-0.3, -0.25) is 0 Å². The van der Waals surface area contributed by atoms with E-state index in [-0.39, 0.29) is 0 Å². The molecule has 59 valence electrons. The van der Waals surface area contributed by atoms with Gasteiger partial charge >= 0.3 is 0 Å². The quantitative estimate of drug-likeness (QED) is 0.729. The molecule has 0 aliphatic heterocycles. The number of rotatable bonds is 3. The van der Waals surface area contributed by atoms with Crippen molar-refractivity contribution < 1.29 is 0 Å². The second kappa shape index (κ2) is 4.75. The van der Waals surface area contributed by atoms with Gasteiger partial charge in [0.1, 0.15) is 0 Å². The Bertz CT molecular complexity index is 218. The van der Waals surface area contributed by atoms with Gasteiger partial charge in [0, 0.05) is 3.57 Å². The maximum absolute atomic E-state index is 3.33. The van der Waals surface area contributed by atoms with E-state index in [1.165, 1.54) is 28.4 Å². The van der Waals surface area contributed by atoms with Gasteiger partial charge in [-0.25, -0.2) is 0 Å². The van der Waals surface area contributed by atoms with Crippen molar-refractivity contribution in [2.75, 3.05) is 0 Å². The number of unbranched alkanes of at least 4 members (excludes halogenated alkanes) is 1. The summed E-state index contributed by atoms with van der Waals surface area (Å²) in [6, 6.07) is 9.66. The molecule has 1 aromatic rings. The minimum Gasteiger partial charge on any atom is -0.0654 e. The number of halogens is 1. The number of hydrogen-bond acceptors (Lipinski definition) is 0. The van der Waals surface area contributed by atoms with Crippen molar-refractivity contribution >= 4 is 22.6 Å². The molecule has 1 aromatic carbocycles. The van der Waals surface area contributed by atoms with Crippen LogP contribution < -0.4 is 0 Å². The molecular formula is C10H12I. The van der Waals surface area contributed by atoms with Gasteiger partial charge in [-0.2, -0.15) is 0 Å². The minimum atomic E-state index is 1.17. The first-order valence-corrected chi connectivity index (χ1v) is 5.07. The van der Waals surface area contributed by atoms with Crippen molar-refractivity contribution in [3.05, 3.63) is 33.4 Å². The van der Waals surface area contributed by atoms with E-state index in [9.17, 15) is 0 Å². The van der Waals surface area contributed by atoms with Gasteiger partial charge in [0.15, 0.2) is 0 Å². The van der Waals surface area contributed by atoms with Crippen LogP contribution in [0.25, 0.3) is 0 Å². The fraction of sp³-hybridized carbons (Fsp3) is 0.400. The highest BCUT2D eigenvalue weighted by atomic mass is 127. The fourth-order valence-electron chi connectivity index (χ4n) is 0.999. The monoisotopic (exact) mass is 259 g/mol. The molecule has 1 rings (SSSR count). The first-order valence-electron chi connectivity index (χ1n) is 3.99. The van der Waals surface area contributed by atoms with Crippen molar-refractivity contribution in [2.45, 2.75) is 26.2 Å². The van der Waals surface area contributed by atoms with E-state index in [1.807, 2.05) is 0 Å². The van der Waals surface area contributed by atoms with Crippen LogP contribution >= 0.6 is 22.6 Å². The van der Waals surface area contributed by atoms with Crippen molar-refractivity contribution in [2.24, 2.45) is 0 Å². The van der Waals surface area contributed by atoms with E-state index in [4.69, 9.17) is 0 Å². The third-order valence-corrected chi connectivity index (χ3v) is 2.25. The summed E-state index contributed by atoms with van der Waals surface area (Å²) in [6.07, 6.45) is 3.71. The van der Waals surface area contributed by atoms with E-state index in [1.54, 1.807) is 0 Å². The number of benzene rings is 1. The smallest absolute Gasteiger partial charge is 0.0212 e. The van der Waals surface area contributed by atoms with Crippen LogP contribution in [0.1, 0.15) is 25.3 Å². The summed E-state index contributed by atoms with van der Waals surface area (Å²) in [4.78, 5) is 0. The van der Waals surface area contributed by atoms with Gasteiger partial charge in [0.2, 0.25) is 0 Å². The highest BCUT2D eigenvalue weighted by Crippen LogP contribution is 2.09. The molecule has 0 bridgehead atoms. The van der Waals surface area contributed by atoms with Crippen LogP contribution in [0.5, 0.6) is 0 Å². The summed E-state index contributed by atoms with van der Waals surface area (Å²) < 4.78 is 1.22. The Morgan fingerprint density at radius 1 is 1.45 bits per heavy atom. The normalized spacial score (nSPS) is 10.0. The molecule has 0 spiro atoms. The van der Waals surface area contributed by atoms with Crippen molar-refractivity contribution in [1.29, 1.82) is 0 Å². The first kappa shape index (κ1) is 9.04. The predicted octanol–water partition coefficient (Wildman–Crippen LogP) is 3.43. The average Bonchev–Trinajstić information content (AvgIpc) is 2.01. The topological polar surface area (TPSA) is 0 Å². The summed E-state index contributed by atoms with van der Waals surface area (Å²) in [5.41, 5.74) is 1.35. The summed E-state index contributed by atoms with van der Waals surface area (Å²) in [5.74, 6) is 0. The van der Waals surface area contributed by atoms with Crippen LogP contribution in [0, 0.1) is 9.64 Å². The highest BCUT2D eigenvalue weighted by molar-refractivity contribution is 14.1. The van der Waals surface area contributed by atoms with Crippen molar-refractivity contribution in [3.63, 3.8) is 0 Å². The molecule has 0 atom stereocenters. The summed E-state index contributed by atoms with van der Waals surface area (Å²) in [5, 5.41) is 0. The molecule has 0 saturated heterocycles. The zero-order valence-electron chi connectivity index (χ0n) is 6.73. The van der Waals surface area contributed by atoms with Crippen LogP contribution in [0.4, 0.5) is 0 Å². The molecule has 0 N–H and O–H groups in total. The molecule has 0 unspecified atom stereocenters. The summed E-state index contributed by atoms with van der Waals surface area (Å²) in [7, 11) is 0. The fourth-order valence-corrected chi connectivity index (χ4v) is 1.55. The molecule has 0 fully saturated rings. The second-order valence-electron chi connectivity index (χ2n) is 2.63. The first-order chi connectivity index (χ1) is 5.33. The average molecular weight is 259 g/mol. The lowest BCUT2D eigenvalue weighted by molar-refractivity contribution is 0.794. The van der Waals surface area contributed by atoms with E-state index in [0.717, 1.165) is 0 Å². The third kappa shape index (κ3) is 3.23. The largest absolute Gasteiger partial charge is 0.0654 e. The van der Waals surface area contributed by atoms with Gasteiger partial charge in [0.05, 0.1) is 0 Å². The van der Waals surface area contributed by atoms with Crippen LogP contribution in [0.2, 0.25) is 0 Å². The Morgan fingerprint density at radius 3 is 2.91 bits per heavy atom. The van der Waals surface area contributed by atoms with E-state index >= 15 is 0 Å². The lowest BCUT2D eigenvalue weighted by Gasteiger charge is -1.98. The third-order valence-electron chi connectivity index (χ3n) is 1.62. The van der Waals surface area contributed by atoms with E-state index < -0.39 is 0 Å². The van der Waals surface area contributed by atoms with Gasteiger partial charge in [-0.05, 0) is 53.1 Å². The Kier molecular flexibility index (Phi) is 3.91. The minimum absolute atomic E-state index is 1.17. The standard InChI is InChI=1S/C10H12I/c1-2-3-5-9-6-4-7-10(11)8-9/h4,6-7H,2-3,5H2,1H3. The van der Waals surface area contributed by atoms with E-state index in [2.05, 4.69) is 53.8 Å². The highest BCUT2D eigenvalue weighted by Gasteiger charge is 1.92. The van der Waals surface area contributed by atoms with Crippen LogP contribution in [0.15, 0.2) is 18.2 Å². The van der Waals surface area contributed by atoms with Crippen LogP contribution in [-0.4, -0.2) is 0 Å². The molecular weight excluding hydrogens is 247 g/mol. The van der Waals surface area contributed by atoms with E-state index in [0.29, 0.717) is 0 Å². The van der Waals surface area contributed by atoms with Gasteiger partial charge in [-0.1, -0.05) is 25.5 Å².